The van der Waals surface area contributed by atoms with Gasteiger partial charge in [0, 0.05) is 0 Å². The maximum atomic E-state index is 4.91. The molecule has 0 aliphatic heterocycles. The van der Waals surface area contributed by atoms with Gasteiger partial charge in [0.15, 0.2) is 0 Å². The van der Waals surface area contributed by atoms with Crippen molar-refractivity contribution in [1.29, 1.82) is 0 Å². The summed E-state index contributed by atoms with van der Waals surface area (Å²) in [5, 5.41) is 0. The summed E-state index contributed by atoms with van der Waals surface area (Å²) in [5.74, 6) is 9.81. The lowest BCUT2D eigenvalue weighted by atomic mass is 12.0. The average molecular weight is 377 g/mol. The molecule has 0 unspecified atom stereocenters. The SMILES string of the molecule is NNNNNNNNNNNNNNNNNNNNNNNNN. The minimum absolute atomic E-state index is 2.12. The molecule has 0 aliphatic rings. The number of rotatable bonds is 22. The van der Waals surface area contributed by atoms with Crippen LogP contribution in [0.3, 0.4) is 0 Å². The minimum Gasteiger partial charge on any atom is -0.257 e. The Morgan fingerprint density at radius 2 is 0.320 bits per heavy atom. The van der Waals surface area contributed by atoms with Crippen molar-refractivity contribution in [1.82, 2.24) is 127 Å². The first-order chi connectivity index (χ1) is 12.4. The van der Waals surface area contributed by atoms with Crippen molar-refractivity contribution in [2.75, 3.05) is 0 Å². The molecular formula is H27N25. The number of hydrazine groups is 24. The molecule has 0 radical (unpaired) electrons. The fourth-order valence-electron chi connectivity index (χ4n) is 0.666. The van der Waals surface area contributed by atoms with Gasteiger partial charge in [0.25, 0.3) is 0 Å². The molecule has 25 heavy (non-hydrogen) atoms. The number of nitrogens with one attached hydrogen (secondary N) is 23. The molecule has 0 aromatic rings. The third-order valence-electron chi connectivity index (χ3n) is 1.39. The van der Waals surface area contributed by atoms with Crippen LogP contribution < -0.4 is 139 Å². The zero-order chi connectivity index (χ0) is 18.3. The molecule has 0 aromatic carbocycles. The van der Waals surface area contributed by atoms with E-state index < -0.39 is 0 Å². The van der Waals surface area contributed by atoms with Gasteiger partial charge in [-0.2, -0.15) is 127 Å². The van der Waals surface area contributed by atoms with Crippen molar-refractivity contribution < 1.29 is 0 Å². The quantitative estimate of drug-likeness (QED) is 0.0472. The van der Waals surface area contributed by atoms with E-state index in [1.54, 1.807) is 0 Å². The first-order valence-corrected chi connectivity index (χ1v) is 6.08. The molecule has 0 rings (SSSR count). The van der Waals surface area contributed by atoms with Gasteiger partial charge in [-0.05, 0) is 0 Å². The Kier molecular flexibility index (Phi) is 22.1. The van der Waals surface area contributed by atoms with Crippen LogP contribution in [0.15, 0.2) is 0 Å². The lowest BCUT2D eigenvalue weighted by molar-refractivity contribution is 0.189. The van der Waals surface area contributed by atoms with E-state index in [0.717, 1.165) is 0 Å². The molecule has 0 atom stereocenters. The number of hydrogen-bond acceptors (Lipinski definition) is 25. The van der Waals surface area contributed by atoms with Crippen LogP contribution in [0, 0.1) is 0 Å². The Bertz CT molecular complexity index is 186. The van der Waals surface area contributed by atoms with Gasteiger partial charge in [-0.25, -0.2) is 0 Å². The van der Waals surface area contributed by atoms with Crippen LogP contribution in [0.25, 0.3) is 0 Å². The maximum absolute atomic E-state index is 4.91. The summed E-state index contributed by atoms with van der Waals surface area (Å²) in [6.07, 6.45) is 0. The molecule has 27 N–H and O–H groups in total. The maximum Gasteiger partial charge on any atom is -0.164 e. The van der Waals surface area contributed by atoms with E-state index in [1.165, 1.54) is 0 Å². The Morgan fingerprint density at radius 3 is 0.440 bits per heavy atom. The Hall–Kier alpha value is -1.00. The lowest BCUT2D eigenvalue weighted by Crippen LogP contribution is -2.69. The smallest absolute Gasteiger partial charge is 0.164 e. The van der Waals surface area contributed by atoms with E-state index in [-0.39, 0.29) is 0 Å². The minimum atomic E-state index is 2.12. The second-order valence-electron chi connectivity index (χ2n) is 2.91. The van der Waals surface area contributed by atoms with Crippen LogP contribution in [0.1, 0.15) is 0 Å². The van der Waals surface area contributed by atoms with E-state index in [0.29, 0.717) is 0 Å². The van der Waals surface area contributed by atoms with Crippen molar-refractivity contribution in [3.05, 3.63) is 0 Å². The Morgan fingerprint density at radius 1 is 0.200 bits per heavy atom. The Balaban J connectivity index is 2.94. The predicted molar refractivity (Wildman–Crippen MR) is 80.5 cm³/mol. The fourth-order valence-corrected chi connectivity index (χ4v) is 0.666. The van der Waals surface area contributed by atoms with Crippen LogP contribution in [-0.4, -0.2) is 0 Å². The van der Waals surface area contributed by atoms with Gasteiger partial charge in [0.1, 0.15) is 0 Å². The van der Waals surface area contributed by atoms with Crippen molar-refractivity contribution in [3.63, 3.8) is 0 Å². The molecule has 0 amide bonds. The van der Waals surface area contributed by atoms with Gasteiger partial charge < -0.3 is 0 Å². The van der Waals surface area contributed by atoms with E-state index in [2.05, 4.69) is 127 Å². The summed E-state index contributed by atoms with van der Waals surface area (Å²) >= 11 is 0. The molecule has 0 saturated carbocycles. The third-order valence-corrected chi connectivity index (χ3v) is 1.39. The van der Waals surface area contributed by atoms with E-state index >= 15 is 0 Å². The van der Waals surface area contributed by atoms with Crippen molar-refractivity contribution in [3.8, 4) is 0 Å². The molecule has 25 nitrogen and oxygen atoms in total. The predicted octanol–water partition coefficient (Wildman–Crippen LogP) is -12.6. The molecule has 0 bridgehead atoms. The summed E-state index contributed by atoms with van der Waals surface area (Å²) < 4.78 is 0. The molecule has 0 aromatic heterocycles. The summed E-state index contributed by atoms with van der Waals surface area (Å²) in [5.41, 5.74) is 55.7. The van der Waals surface area contributed by atoms with Crippen LogP contribution in [0.4, 0.5) is 0 Å². The summed E-state index contributed by atoms with van der Waals surface area (Å²) in [4.78, 5) is 0. The zero-order valence-corrected chi connectivity index (χ0v) is 12.7. The molecule has 152 valence electrons. The van der Waals surface area contributed by atoms with Crippen LogP contribution in [0.2, 0.25) is 0 Å². The third kappa shape index (κ3) is 23.0. The first kappa shape index (κ1) is 24.0. The monoisotopic (exact) mass is 377 g/mol. The highest BCUT2D eigenvalue weighted by atomic mass is 16.0. The second-order valence-corrected chi connectivity index (χ2v) is 2.91. The first-order valence-electron chi connectivity index (χ1n) is 6.08. The zero-order valence-electron chi connectivity index (χ0n) is 12.7. The molecule has 0 heterocycles. The molecule has 0 aliphatic carbocycles. The summed E-state index contributed by atoms with van der Waals surface area (Å²) in [7, 11) is 0. The van der Waals surface area contributed by atoms with Crippen LogP contribution >= 0.6 is 0 Å². The van der Waals surface area contributed by atoms with Gasteiger partial charge in [-0.3, -0.25) is 11.7 Å². The van der Waals surface area contributed by atoms with Crippen molar-refractivity contribution in [2.24, 2.45) is 11.7 Å². The second kappa shape index (κ2) is 23.0. The van der Waals surface area contributed by atoms with E-state index in [9.17, 15) is 0 Å². The van der Waals surface area contributed by atoms with E-state index in [1.807, 2.05) is 0 Å². The normalized spacial score (nSPS) is 11.3. The van der Waals surface area contributed by atoms with Crippen molar-refractivity contribution in [2.45, 2.75) is 0 Å². The molecule has 0 saturated heterocycles. The highest BCUT2D eigenvalue weighted by Gasteiger charge is 1.84. The lowest BCUT2D eigenvalue weighted by Gasteiger charge is -2.15. The molecular weight excluding hydrogens is 350 g/mol. The van der Waals surface area contributed by atoms with Crippen molar-refractivity contribution >= 4 is 0 Å². The standard InChI is InChI=1S/H27N25/c1-3-5-7-9-11-13-15-17-19-21-23-25-24-22-20-18-16-14-12-10-8-6-4-2/h3-25H,1-2H2. The molecule has 0 spiro atoms. The Labute approximate surface area is 140 Å². The van der Waals surface area contributed by atoms with Crippen LogP contribution in [-0.2, 0) is 0 Å². The van der Waals surface area contributed by atoms with Gasteiger partial charge in [0.05, 0.1) is 0 Å². The van der Waals surface area contributed by atoms with Gasteiger partial charge in [-0.1, -0.05) is 0 Å². The summed E-state index contributed by atoms with van der Waals surface area (Å²) in [6, 6.07) is 0. The largest absolute Gasteiger partial charge is 0.257 e. The molecule has 0 fully saturated rings. The number of hydrogen-bond donors (Lipinski definition) is 25. The topological polar surface area (TPSA) is 329 Å². The van der Waals surface area contributed by atoms with Crippen LogP contribution in [0.5, 0.6) is 0 Å². The fraction of sp³-hybridized carbons (Fsp3) is 0. The highest BCUT2D eigenvalue weighted by molar-refractivity contribution is 4.18. The van der Waals surface area contributed by atoms with Gasteiger partial charge in [-0.15, -0.1) is 0 Å². The summed E-state index contributed by atoms with van der Waals surface area (Å²) in [6.45, 7) is 0. The highest BCUT2D eigenvalue weighted by Crippen LogP contribution is 1.29. The average Bonchev–Trinajstić information content (AvgIpc) is 2.63. The molecule has 25 heteroatoms. The van der Waals surface area contributed by atoms with Gasteiger partial charge >= 0.3 is 0 Å². The number of nitrogens with two attached hydrogens (primary N) is 2. The van der Waals surface area contributed by atoms with E-state index in [4.69, 9.17) is 11.7 Å². The van der Waals surface area contributed by atoms with Gasteiger partial charge in [0.2, 0.25) is 0 Å².